The third-order valence-electron chi connectivity index (χ3n) is 3.26. The number of halogens is 2. The molecule has 0 aromatic heterocycles. The molecule has 0 radical (unpaired) electrons. The van der Waals surface area contributed by atoms with Gasteiger partial charge in [0.1, 0.15) is 5.75 Å². The van der Waals surface area contributed by atoms with E-state index in [2.05, 4.69) is 27.9 Å². The molecule has 1 aromatic carbocycles. The zero-order chi connectivity index (χ0) is 14.5. The van der Waals surface area contributed by atoms with E-state index in [1.165, 1.54) is 0 Å². The average molecular weight is 410 g/mol. The predicted molar refractivity (Wildman–Crippen MR) is 86.6 cm³/mol. The van der Waals surface area contributed by atoms with Gasteiger partial charge >= 0.3 is 0 Å². The molecule has 1 aliphatic heterocycles. The van der Waals surface area contributed by atoms with Crippen LogP contribution >= 0.6 is 34.2 Å². The van der Waals surface area contributed by atoms with Gasteiger partial charge in [0.25, 0.3) is 5.91 Å². The fraction of sp³-hybridized carbons (Fsp3) is 0.500. The maximum absolute atomic E-state index is 12.2. The summed E-state index contributed by atoms with van der Waals surface area (Å²) in [6.07, 6.45) is 3.30. The second-order valence-electron chi connectivity index (χ2n) is 4.65. The number of nitrogens with one attached hydrogen (secondary N) is 1. The SMILES string of the molecule is COc1cc(I)c(Cl)cc1C(=O)NCCC1CCCO1. The molecule has 4 nitrogen and oxygen atoms in total. The molecule has 0 spiro atoms. The molecule has 20 heavy (non-hydrogen) atoms. The van der Waals surface area contributed by atoms with Crippen molar-refractivity contribution in [2.75, 3.05) is 20.3 Å². The number of benzene rings is 1. The Morgan fingerprint density at radius 2 is 2.40 bits per heavy atom. The van der Waals surface area contributed by atoms with Crippen molar-refractivity contribution in [3.8, 4) is 5.75 Å². The number of ether oxygens (including phenoxy) is 2. The lowest BCUT2D eigenvalue weighted by molar-refractivity contribution is 0.0905. The molecule has 1 aromatic rings. The molecule has 0 saturated carbocycles. The summed E-state index contributed by atoms with van der Waals surface area (Å²) in [5.74, 6) is 0.367. The molecule has 110 valence electrons. The zero-order valence-electron chi connectivity index (χ0n) is 11.2. The zero-order valence-corrected chi connectivity index (χ0v) is 14.2. The monoisotopic (exact) mass is 409 g/mol. The van der Waals surface area contributed by atoms with Crippen molar-refractivity contribution in [1.82, 2.24) is 5.32 Å². The van der Waals surface area contributed by atoms with Crippen LogP contribution in [0.5, 0.6) is 5.75 Å². The molecule has 0 aliphatic carbocycles. The van der Waals surface area contributed by atoms with Gasteiger partial charge in [-0.3, -0.25) is 4.79 Å². The summed E-state index contributed by atoms with van der Waals surface area (Å²) in [7, 11) is 1.54. The van der Waals surface area contributed by atoms with Crippen molar-refractivity contribution in [2.24, 2.45) is 0 Å². The Bertz CT molecular complexity index is 490. The number of hydrogen-bond donors (Lipinski definition) is 1. The first-order valence-corrected chi connectivity index (χ1v) is 8.00. The molecule has 6 heteroatoms. The highest BCUT2D eigenvalue weighted by Gasteiger charge is 2.17. The van der Waals surface area contributed by atoms with Gasteiger partial charge in [-0.25, -0.2) is 0 Å². The van der Waals surface area contributed by atoms with E-state index in [-0.39, 0.29) is 12.0 Å². The van der Waals surface area contributed by atoms with Crippen LogP contribution in [0.1, 0.15) is 29.6 Å². The Morgan fingerprint density at radius 3 is 3.05 bits per heavy atom. The van der Waals surface area contributed by atoms with Crippen molar-refractivity contribution < 1.29 is 14.3 Å². The fourth-order valence-electron chi connectivity index (χ4n) is 2.19. The van der Waals surface area contributed by atoms with Crippen LogP contribution in [0.2, 0.25) is 5.02 Å². The normalized spacial score (nSPS) is 18.1. The standard InChI is InChI=1S/C14H17ClINO3/c1-19-13-8-12(16)11(15)7-10(13)14(18)17-5-4-9-3-2-6-20-9/h7-9H,2-6H2,1H3,(H,17,18). The maximum Gasteiger partial charge on any atom is 0.255 e. The van der Waals surface area contributed by atoms with Crippen LogP contribution in [0.3, 0.4) is 0 Å². The number of methoxy groups -OCH3 is 1. The smallest absolute Gasteiger partial charge is 0.255 e. The first-order chi connectivity index (χ1) is 9.61. The molecule has 1 atom stereocenters. The van der Waals surface area contributed by atoms with Crippen LogP contribution in [0, 0.1) is 3.57 Å². The number of carbonyl (C=O) groups is 1. The lowest BCUT2D eigenvalue weighted by Crippen LogP contribution is -2.27. The number of amides is 1. The van der Waals surface area contributed by atoms with E-state index in [9.17, 15) is 4.79 Å². The highest BCUT2D eigenvalue weighted by molar-refractivity contribution is 14.1. The minimum atomic E-state index is -0.168. The van der Waals surface area contributed by atoms with E-state index < -0.39 is 0 Å². The van der Waals surface area contributed by atoms with Crippen LogP contribution < -0.4 is 10.1 Å². The van der Waals surface area contributed by atoms with E-state index in [0.717, 1.165) is 29.4 Å². The fourth-order valence-corrected chi connectivity index (χ4v) is 2.79. The van der Waals surface area contributed by atoms with E-state index in [0.29, 0.717) is 22.9 Å². The molecule has 1 unspecified atom stereocenters. The highest BCUT2D eigenvalue weighted by Crippen LogP contribution is 2.28. The van der Waals surface area contributed by atoms with Crippen LogP contribution in [-0.4, -0.2) is 32.3 Å². The van der Waals surface area contributed by atoms with Gasteiger partial charge in [0.15, 0.2) is 0 Å². The maximum atomic E-state index is 12.2. The number of hydrogen-bond acceptors (Lipinski definition) is 3. The second kappa shape index (κ2) is 7.47. The quantitative estimate of drug-likeness (QED) is 0.760. The molecular weight excluding hydrogens is 393 g/mol. The van der Waals surface area contributed by atoms with E-state index in [4.69, 9.17) is 21.1 Å². The number of carbonyl (C=O) groups excluding carboxylic acids is 1. The Hall–Kier alpha value is -0.530. The second-order valence-corrected chi connectivity index (χ2v) is 6.22. The summed E-state index contributed by atoms with van der Waals surface area (Å²) >= 11 is 8.17. The van der Waals surface area contributed by atoms with Gasteiger partial charge in [-0.2, -0.15) is 0 Å². The first-order valence-electron chi connectivity index (χ1n) is 6.54. The molecular formula is C14H17ClINO3. The van der Waals surface area contributed by atoms with E-state index in [1.54, 1.807) is 19.2 Å². The largest absolute Gasteiger partial charge is 0.496 e. The summed E-state index contributed by atoms with van der Waals surface area (Å²) in [6.45, 7) is 1.43. The van der Waals surface area contributed by atoms with Gasteiger partial charge < -0.3 is 14.8 Å². The third-order valence-corrected chi connectivity index (χ3v) is 4.79. The topological polar surface area (TPSA) is 47.6 Å². The lowest BCUT2D eigenvalue weighted by atomic mass is 10.1. The summed E-state index contributed by atoms with van der Waals surface area (Å²) in [5, 5.41) is 3.44. The van der Waals surface area contributed by atoms with Crippen LogP contribution in [0.4, 0.5) is 0 Å². The molecule has 1 amide bonds. The average Bonchev–Trinajstić information content (AvgIpc) is 2.94. The Labute approximate surface area is 137 Å². The minimum Gasteiger partial charge on any atom is -0.496 e. The van der Waals surface area contributed by atoms with Gasteiger partial charge in [-0.1, -0.05) is 11.6 Å². The van der Waals surface area contributed by atoms with Gasteiger partial charge in [0.2, 0.25) is 0 Å². The van der Waals surface area contributed by atoms with Gasteiger partial charge in [0, 0.05) is 16.7 Å². The van der Waals surface area contributed by atoms with E-state index in [1.807, 2.05) is 0 Å². The van der Waals surface area contributed by atoms with Crippen LogP contribution in [0.15, 0.2) is 12.1 Å². The van der Waals surface area contributed by atoms with Gasteiger partial charge in [0.05, 0.1) is 23.8 Å². The third kappa shape index (κ3) is 3.99. The summed E-state index contributed by atoms with van der Waals surface area (Å²) in [5.41, 5.74) is 0.463. The van der Waals surface area contributed by atoms with Crippen molar-refractivity contribution in [3.05, 3.63) is 26.3 Å². The van der Waals surface area contributed by atoms with Crippen molar-refractivity contribution in [3.63, 3.8) is 0 Å². The van der Waals surface area contributed by atoms with Crippen molar-refractivity contribution >= 4 is 40.1 Å². The summed E-state index contributed by atoms with van der Waals surface area (Å²) < 4.78 is 11.6. The van der Waals surface area contributed by atoms with Crippen LogP contribution in [0.25, 0.3) is 0 Å². The number of rotatable bonds is 5. The Kier molecular flexibility index (Phi) is 5.92. The van der Waals surface area contributed by atoms with Crippen molar-refractivity contribution in [1.29, 1.82) is 0 Å². The molecule has 1 saturated heterocycles. The highest BCUT2D eigenvalue weighted by atomic mass is 127. The van der Waals surface area contributed by atoms with Crippen molar-refractivity contribution in [2.45, 2.75) is 25.4 Å². The molecule has 1 aliphatic rings. The molecule has 0 bridgehead atoms. The van der Waals surface area contributed by atoms with Gasteiger partial charge in [-0.05, 0) is 54.0 Å². The Balaban J connectivity index is 1.95. The van der Waals surface area contributed by atoms with E-state index >= 15 is 0 Å². The Morgan fingerprint density at radius 1 is 1.60 bits per heavy atom. The minimum absolute atomic E-state index is 0.168. The first kappa shape index (κ1) is 15.9. The van der Waals surface area contributed by atoms with Crippen LogP contribution in [-0.2, 0) is 4.74 Å². The van der Waals surface area contributed by atoms with Gasteiger partial charge in [-0.15, -0.1) is 0 Å². The molecule has 1 heterocycles. The summed E-state index contributed by atoms with van der Waals surface area (Å²) in [4.78, 5) is 12.2. The molecule has 1 N–H and O–H groups in total. The summed E-state index contributed by atoms with van der Waals surface area (Å²) in [6, 6.07) is 3.40. The lowest BCUT2D eigenvalue weighted by Gasteiger charge is -2.12. The molecule has 1 fully saturated rings. The molecule has 2 rings (SSSR count). The predicted octanol–water partition coefficient (Wildman–Crippen LogP) is 3.25.